The zero-order valence-corrected chi connectivity index (χ0v) is 18.7. The molecule has 1 N–H and O–H groups in total. The zero-order chi connectivity index (χ0) is 21.7. The summed E-state index contributed by atoms with van der Waals surface area (Å²) < 4.78 is 25.1. The molecule has 29 heavy (non-hydrogen) atoms. The van der Waals surface area contributed by atoms with Gasteiger partial charge >= 0.3 is 0 Å². The second-order valence-electron chi connectivity index (χ2n) is 7.70. The van der Waals surface area contributed by atoms with Crippen molar-refractivity contribution in [1.29, 1.82) is 0 Å². The van der Waals surface area contributed by atoms with Crippen molar-refractivity contribution < 1.29 is 13.6 Å². The van der Waals surface area contributed by atoms with E-state index in [1.54, 1.807) is 13.8 Å². The number of hydrogen-bond acceptors (Lipinski definition) is 4. The number of carbonyl (C=O) groups is 1. The molecule has 0 spiro atoms. The van der Waals surface area contributed by atoms with E-state index in [1.807, 2.05) is 18.2 Å². The van der Waals surface area contributed by atoms with Gasteiger partial charge in [-0.15, -0.1) is 0 Å². The number of aromatic nitrogens is 2. The zero-order valence-electron chi connectivity index (χ0n) is 17.8. The van der Waals surface area contributed by atoms with Crippen molar-refractivity contribution in [3.8, 4) is 0 Å². The molecule has 158 valence electrons. The van der Waals surface area contributed by atoms with Gasteiger partial charge in [0.25, 0.3) is 5.76 Å². The Kier molecular flexibility index (Phi) is 8.14. The van der Waals surface area contributed by atoms with E-state index in [0.29, 0.717) is 41.4 Å². The van der Waals surface area contributed by atoms with E-state index in [2.05, 4.69) is 43.0 Å². The molecular formula is C22H29F2N3OS. The van der Waals surface area contributed by atoms with Crippen LogP contribution in [0, 0.1) is 13.8 Å². The minimum atomic E-state index is -2.55. The molecule has 0 unspecified atom stereocenters. The van der Waals surface area contributed by atoms with Gasteiger partial charge in [0.15, 0.2) is 5.16 Å². The van der Waals surface area contributed by atoms with Crippen molar-refractivity contribution in [2.24, 2.45) is 0 Å². The van der Waals surface area contributed by atoms with Crippen LogP contribution in [0.3, 0.4) is 0 Å². The lowest BCUT2D eigenvalue weighted by molar-refractivity contribution is -0.116. The van der Waals surface area contributed by atoms with Crippen LogP contribution in [0.1, 0.15) is 74.0 Å². The van der Waals surface area contributed by atoms with Crippen molar-refractivity contribution >= 4 is 23.4 Å². The monoisotopic (exact) mass is 421 g/mol. The van der Waals surface area contributed by atoms with E-state index in [0.717, 1.165) is 22.4 Å². The highest BCUT2D eigenvalue weighted by Gasteiger charge is 2.17. The molecule has 0 atom stereocenters. The normalized spacial score (nSPS) is 11.6. The Morgan fingerprint density at radius 3 is 2.00 bits per heavy atom. The van der Waals surface area contributed by atoms with Gasteiger partial charge < -0.3 is 5.32 Å². The third kappa shape index (κ3) is 6.23. The Morgan fingerprint density at radius 2 is 1.55 bits per heavy atom. The summed E-state index contributed by atoms with van der Waals surface area (Å²) >= 11 is 0.335. The Hall–Kier alpha value is -2.02. The van der Waals surface area contributed by atoms with Gasteiger partial charge in [-0.25, -0.2) is 9.97 Å². The minimum Gasteiger partial charge on any atom is -0.326 e. The molecule has 2 aromatic rings. The summed E-state index contributed by atoms with van der Waals surface area (Å²) in [5.74, 6) is -2.05. The Bertz CT molecular complexity index is 820. The fraction of sp³-hybridized carbons (Fsp3) is 0.500. The molecule has 7 heteroatoms. The summed E-state index contributed by atoms with van der Waals surface area (Å²) in [4.78, 5) is 21.0. The molecule has 1 heterocycles. The highest BCUT2D eigenvalue weighted by Crippen LogP contribution is 2.32. The fourth-order valence-electron chi connectivity index (χ4n) is 3.34. The number of carbonyl (C=O) groups excluding carboxylic acids is 1. The lowest BCUT2D eigenvalue weighted by Gasteiger charge is -2.20. The average molecular weight is 422 g/mol. The fourth-order valence-corrected chi connectivity index (χ4v) is 3.88. The summed E-state index contributed by atoms with van der Waals surface area (Å²) in [6.45, 7) is 12.0. The maximum absolute atomic E-state index is 12.7. The van der Waals surface area contributed by atoms with Gasteiger partial charge in [-0.2, -0.15) is 8.78 Å². The van der Waals surface area contributed by atoms with E-state index in [9.17, 15) is 13.6 Å². The van der Waals surface area contributed by atoms with Crippen LogP contribution in [0.2, 0.25) is 0 Å². The van der Waals surface area contributed by atoms with Gasteiger partial charge in [0, 0.05) is 23.5 Å². The number of halogens is 2. The van der Waals surface area contributed by atoms with Crippen LogP contribution >= 0.6 is 11.8 Å². The van der Waals surface area contributed by atoms with E-state index in [1.165, 1.54) is 0 Å². The van der Waals surface area contributed by atoms with Crippen LogP contribution in [0.15, 0.2) is 23.4 Å². The molecule has 0 aliphatic rings. The number of nitrogens with one attached hydrogen (secondary N) is 1. The van der Waals surface area contributed by atoms with E-state index < -0.39 is 5.76 Å². The predicted octanol–water partition coefficient (Wildman–Crippen LogP) is 6.23. The van der Waals surface area contributed by atoms with Crippen LogP contribution < -0.4 is 5.32 Å². The average Bonchev–Trinajstić information content (AvgIpc) is 2.60. The molecule has 0 saturated heterocycles. The molecule has 1 aromatic heterocycles. The Morgan fingerprint density at radius 1 is 1.03 bits per heavy atom. The van der Waals surface area contributed by atoms with Crippen molar-refractivity contribution in [3.05, 3.63) is 46.3 Å². The maximum atomic E-state index is 12.7. The molecular weight excluding hydrogens is 392 g/mol. The quantitative estimate of drug-likeness (QED) is 0.406. The SMILES string of the molecule is Cc1nc(SC(F)F)nc(C)c1CCC(=O)Nc1c(C(C)C)cccc1C(C)C. The first-order valence-electron chi connectivity index (χ1n) is 9.81. The van der Waals surface area contributed by atoms with Crippen LogP contribution in [0.25, 0.3) is 0 Å². The molecule has 0 fully saturated rings. The number of amides is 1. The van der Waals surface area contributed by atoms with Gasteiger partial charge in [-0.05, 0) is 60.6 Å². The molecule has 0 aliphatic carbocycles. The lowest BCUT2D eigenvalue weighted by Crippen LogP contribution is -2.17. The number of aryl methyl sites for hydroxylation is 2. The standard InChI is InChI=1S/C22H29F2N3OS/c1-12(2)16-8-7-9-17(13(3)4)20(16)27-19(28)11-10-18-14(5)25-22(26-15(18)6)29-21(23)24/h7-9,12-13,21H,10-11H2,1-6H3,(H,27,28). The molecule has 0 bridgehead atoms. The van der Waals surface area contributed by atoms with Crippen molar-refractivity contribution in [3.63, 3.8) is 0 Å². The number of hydrogen-bond donors (Lipinski definition) is 1. The van der Waals surface area contributed by atoms with Crippen LogP contribution in [-0.2, 0) is 11.2 Å². The molecule has 0 radical (unpaired) electrons. The number of nitrogens with zero attached hydrogens (tertiary/aromatic N) is 2. The maximum Gasteiger partial charge on any atom is 0.291 e. The summed E-state index contributed by atoms with van der Waals surface area (Å²) in [7, 11) is 0. The third-order valence-electron chi connectivity index (χ3n) is 4.83. The van der Waals surface area contributed by atoms with Crippen molar-refractivity contribution in [1.82, 2.24) is 9.97 Å². The first kappa shape index (κ1) is 23.3. The second-order valence-corrected chi connectivity index (χ2v) is 8.66. The second kappa shape index (κ2) is 10.1. The van der Waals surface area contributed by atoms with Gasteiger partial charge in [0.2, 0.25) is 5.91 Å². The first-order chi connectivity index (χ1) is 13.6. The third-order valence-corrected chi connectivity index (χ3v) is 5.41. The minimum absolute atomic E-state index is 0.0654. The topological polar surface area (TPSA) is 54.9 Å². The Labute approximate surface area is 175 Å². The molecule has 4 nitrogen and oxygen atoms in total. The number of alkyl halides is 2. The van der Waals surface area contributed by atoms with E-state index in [4.69, 9.17) is 0 Å². The Balaban J connectivity index is 2.15. The van der Waals surface area contributed by atoms with Crippen LogP contribution in [0.5, 0.6) is 0 Å². The molecule has 1 amide bonds. The van der Waals surface area contributed by atoms with Gasteiger partial charge in [0.05, 0.1) is 0 Å². The summed E-state index contributed by atoms with van der Waals surface area (Å²) in [5, 5.41) is 3.17. The van der Waals surface area contributed by atoms with Gasteiger partial charge in [-0.1, -0.05) is 45.9 Å². The molecule has 0 aliphatic heterocycles. The molecule has 0 saturated carbocycles. The highest BCUT2D eigenvalue weighted by atomic mass is 32.2. The number of thioether (sulfide) groups is 1. The highest BCUT2D eigenvalue weighted by molar-refractivity contribution is 7.99. The van der Waals surface area contributed by atoms with Crippen molar-refractivity contribution in [2.75, 3.05) is 5.32 Å². The number of rotatable bonds is 8. The predicted molar refractivity (Wildman–Crippen MR) is 115 cm³/mol. The van der Waals surface area contributed by atoms with E-state index in [-0.39, 0.29) is 17.5 Å². The molecule has 2 rings (SSSR count). The number of anilines is 1. The lowest BCUT2D eigenvalue weighted by atomic mass is 9.92. The van der Waals surface area contributed by atoms with Crippen LogP contribution in [-0.4, -0.2) is 21.6 Å². The van der Waals surface area contributed by atoms with E-state index >= 15 is 0 Å². The molecule has 1 aromatic carbocycles. The largest absolute Gasteiger partial charge is 0.326 e. The number of para-hydroxylation sites is 1. The smallest absolute Gasteiger partial charge is 0.291 e. The number of benzene rings is 1. The summed E-state index contributed by atoms with van der Waals surface area (Å²) in [6, 6.07) is 6.13. The summed E-state index contributed by atoms with van der Waals surface area (Å²) in [6.07, 6.45) is 0.736. The first-order valence-corrected chi connectivity index (χ1v) is 10.7. The van der Waals surface area contributed by atoms with Crippen LogP contribution in [0.4, 0.5) is 14.5 Å². The van der Waals surface area contributed by atoms with Gasteiger partial charge in [0.1, 0.15) is 0 Å². The van der Waals surface area contributed by atoms with Gasteiger partial charge in [-0.3, -0.25) is 4.79 Å². The summed E-state index contributed by atoms with van der Waals surface area (Å²) in [5.41, 5.74) is 5.25. The van der Waals surface area contributed by atoms with Crippen molar-refractivity contribution in [2.45, 2.75) is 77.1 Å².